The van der Waals surface area contributed by atoms with Gasteiger partial charge in [0.1, 0.15) is 0 Å². The van der Waals surface area contributed by atoms with Crippen molar-refractivity contribution in [1.82, 2.24) is 0 Å². The number of ketones is 2. The Hall–Kier alpha value is -3.00. The summed E-state index contributed by atoms with van der Waals surface area (Å²) in [5.74, 6) is 0.216. The number of Topliss-reactive ketones (excluding diaryl/α,β-unsaturated/α-hetero) is 2. The second-order valence-electron chi connectivity index (χ2n) is 7.22. The quantitative estimate of drug-likeness (QED) is 0.421. The Bertz CT molecular complexity index is 1020. The average molecular weight is 338 g/mol. The fourth-order valence-electron chi connectivity index (χ4n) is 4.92. The molecule has 26 heavy (non-hydrogen) atoms. The molecule has 0 aromatic heterocycles. The molecule has 0 heterocycles. The minimum Gasteiger partial charge on any atom is -0.295 e. The fourth-order valence-corrected chi connectivity index (χ4v) is 4.92. The lowest BCUT2D eigenvalue weighted by Crippen LogP contribution is -2.30. The summed E-state index contributed by atoms with van der Waals surface area (Å²) >= 11 is 0. The summed E-state index contributed by atoms with van der Waals surface area (Å²) in [6.07, 6.45) is 0. The molecule has 0 spiro atoms. The Morgan fingerprint density at radius 1 is 0.577 bits per heavy atom. The molecule has 0 amide bonds. The first-order chi connectivity index (χ1) is 12.6. The van der Waals surface area contributed by atoms with Crippen LogP contribution in [0, 0.1) is 0 Å². The minimum atomic E-state index is 0.0144. The first kappa shape index (κ1) is 15.3. The molecule has 126 valence electrons. The Balaban J connectivity index is 1.93. The molecule has 3 aromatic rings. The van der Waals surface area contributed by atoms with Crippen molar-refractivity contribution in [1.29, 1.82) is 0 Å². The number of carbonyl (C=O) groups excluding carboxylic acids is 2. The van der Waals surface area contributed by atoms with Crippen molar-refractivity contribution in [2.75, 3.05) is 0 Å². The van der Waals surface area contributed by atoms with Gasteiger partial charge >= 0.3 is 0 Å². The smallest absolute Gasteiger partial charge is 0.160 e. The normalized spacial score (nSPS) is 18.7. The molecular formula is C24H18O2. The molecule has 0 saturated heterocycles. The molecule has 0 saturated carbocycles. The summed E-state index contributed by atoms with van der Waals surface area (Å²) in [5, 5.41) is 0. The third-order valence-electron chi connectivity index (χ3n) is 5.86. The third-order valence-corrected chi connectivity index (χ3v) is 5.86. The van der Waals surface area contributed by atoms with E-state index in [1.807, 2.05) is 24.3 Å². The van der Waals surface area contributed by atoms with Gasteiger partial charge in [-0.15, -0.1) is 0 Å². The van der Waals surface area contributed by atoms with E-state index in [1.54, 1.807) is 13.8 Å². The van der Waals surface area contributed by atoms with E-state index in [2.05, 4.69) is 36.4 Å². The second kappa shape index (κ2) is 5.25. The van der Waals surface area contributed by atoms with E-state index in [0.29, 0.717) is 0 Å². The molecule has 0 aliphatic heterocycles. The Morgan fingerprint density at radius 2 is 0.962 bits per heavy atom. The maximum atomic E-state index is 12.3. The number of carbonyl (C=O) groups is 2. The van der Waals surface area contributed by atoms with Crippen LogP contribution in [0.4, 0.5) is 0 Å². The summed E-state index contributed by atoms with van der Waals surface area (Å²) in [6.45, 7) is 3.27. The largest absolute Gasteiger partial charge is 0.295 e. The Kier molecular flexibility index (Phi) is 3.08. The SMILES string of the molecule is CC(=O)c1cccc2c1[C@H]1c3ccccc3[C@H]2c2c(C(C)=O)cccc21. The van der Waals surface area contributed by atoms with E-state index in [9.17, 15) is 9.59 Å². The van der Waals surface area contributed by atoms with Gasteiger partial charge in [0.2, 0.25) is 0 Å². The maximum Gasteiger partial charge on any atom is 0.160 e. The lowest BCUT2D eigenvalue weighted by molar-refractivity contribution is 0.100. The van der Waals surface area contributed by atoms with E-state index in [-0.39, 0.29) is 23.4 Å². The molecule has 2 atom stereocenters. The Labute approximate surface area is 152 Å². The topological polar surface area (TPSA) is 34.1 Å². The molecule has 2 bridgehead atoms. The van der Waals surface area contributed by atoms with Crippen LogP contribution in [0.15, 0.2) is 60.7 Å². The van der Waals surface area contributed by atoms with Gasteiger partial charge in [0, 0.05) is 23.0 Å². The summed E-state index contributed by atoms with van der Waals surface area (Å²) in [7, 11) is 0. The molecule has 3 aliphatic carbocycles. The van der Waals surface area contributed by atoms with Crippen molar-refractivity contribution in [3.8, 4) is 0 Å². The zero-order valence-corrected chi connectivity index (χ0v) is 14.7. The number of hydrogen-bond donors (Lipinski definition) is 0. The first-order valence-electron chi connectivity index (χ1n) is 8.96. The summed E-state index contributed by atoms with van der Waals surface area (Å²) in [5.41, 5.74) is 8.69. The van der Waals surface area contributed by atoms with Crippen molar-refractivity contribution in [2.24, 2.45) is 0 Å². The average Bonchev–Trinajstić information content (AvgIpc) is 2.66. The molecule has 0 unspecified atom stereocenters. The van der Waals surface area contributed by atoms with Gasteiger partial charge in [-0.2, -0.15) is 0 Å². The van der Waals surface area contributed by atoms with Gasteiger partial charge in [-0.05, 0) is 47.2 Å². The molecule has 3 aliphatic rings. The van der Waals surface area contributed by atoms with Crippen LogP contribution in [-0.2, 0) is 0 Å². The summed E-state index contributed by atoms with van der Waals surface area (Å²) < 4.78 is 0. The summed E-state index contributed by atoms with van der Waals surface area (Å²) in [4.78, 5) is 24.7. The van der Waals surface area contributed by atoms with Crippen LogP contribution in [0.25, 0.3) is 0 Å². The van der Waals surface area contributed by atoms with Crippen molar-refractivity contribution >= 4 is 11.6 Å². The van der Waals surface area contributed by atoms with Gasteiger partial charge < -0.3 is 0 Å². The van der Waals surface area contributed by atoms with Crippen molar-refractivity contribution in [3.63, 3.8) is 0 Å². The van der Waals surface area contributed by atoms with Crippen LogP contribution in [0.1, 0.15) is 79.8 Å². The van der Waals surface area contributed by atoms with Crippen LogP contribution in [0.3, 0.4) is 0 Å². The van der Waals surface area contributed by atoms with E-state index < -0.39 is 0 Å². The molecule has 2 nitrogen and oxygen atoms in total. The highest BCUT2D eigenvalue weighted by Crippen LogP contribution is 2.57. The highest BCUT2D eigenvalue weighted by molar-refractivity contribution is 5.99. The maximum absolute atomic E-state index is 12.3. The molecule has 0 radical (unpaired) electrons. The van der Waals surface area contributed by atoms with Crippen LogP contribution in [0.5, 0.6) is 0 Å². The van der Waals surface area contributed by atoms with Gasteiger partial charge in [-0.3, -0.25) is 9.59 Å². The van der Waals surface area contributed by atoms with Crippen LogP contribution in [-0.4, -0.2) is 11.6 Å². The van der Waals surface area contributed by atoms with E-state index >= 15 is 0 Å². The molecular weight excluding hydrogens is 320 g/mol. The molecule has 0 N–H and O–H groups in total. The first-order valence-corrected chi connectivity index (χ1v) is 8.96. The zero-order valence-electron chi connectivity index (χ0n) is 14.7. The molecule has 3 aromatic carbocycles. The van der Waals surface area contributed by atoms with Crippen LogP contribution >= 0.6 is 0 Å². The van der Waals surface area contributed by atoms with Gasteiger partial charge in [-0.25, -0.2) is 0 Å². The highest BCUT2D eigenvalue weighted by Gasteiger charge is 2.43. The van der Waals surface area contributed by atoms with E-state index in [0.717, 1.165) is 22.3 Å². The van der Waals surface area contributed by atoms with Gasteiger partial charge in [-0.1, -0.05) is 60.7 Å². The van der Waals surface area contributed by atoms with Gasteiger partial charge in [0.15, 0.2) is 11.6 Å². The lowest BCUT2D eigenvalue weighted by atomic mass is 9.59. The third kappa shape index (κ3) is 1.82. The lowest BCUT2D eigenvalue weighted by Gasteiger charge is -2.43. The predicted molar refractivity (Wildman–Crippen MR) is 101 cm³/mol. The molecule has 6 rings (SSSR count). The van der Waals surface area contributed by atoms with E-state index in [1.165, 1.54) is 22.3 Å². The Morgan fingerprint density at radius 3 is 1.35 bits per heavy atom. The highest BCUT2D eigenvalue weighted by atomic mass is 16.1. The van der Waals surface area contributed by atoms with Gasteiger partial charge in [0.25, 0.3) is 0 Å². The fraction of sp³-hybridized carbons (Fsp3) is 0.167. The monoisotopic (exact) mass is 338 g/mol. The van der Waals surface area contributed by atoms with Crippen molar-refractivity contribution in [2.45, 2.75) is 25.7 Å². The van der Waals surface area contributed by atoms with Crippen LogP contribution < -0.4 is 0 Å². The van der Waals surface area contributed by atoms with Crippen molar-refractivity contribution in [3.05, 3.63) is 105 Å². The number of benzene rings is 3. The van der Waals surface area contributed by atoms with E-state index in [4.69, 9.17) is 0 Å². The predicted octanol–water partition coefficient (Wildman–Crippen LogP) is 5.08. The second-order valence-corrected chi connectivity index (χ2v) is 7.22. The van der Waals surface area contributed by atoms with Crippen LogP contribution in [0.2, 0.25) is 0 Å². The zero-order chi connectivity index (χ0) is 18.0. The number of rotatable bonds is 2. The minimum absolute atomic E-state index is 0.0144. The molecule has 0 fully saturated rings. The molecule has 2 heteroatoms. The van der Waals surface area contributed by atoms with Gasteiger partial charge in [0.05, 0.1) is 0 Å². The van der Waals surface area contributed by atoms with Crippen molar-refractivity contribution < 1.29 is 9.59 Å². The summed E-state index contributed by atoms with van der Waals surface area (Å²) in [6, 6.07) is 20.5. The number of hydrogen-bond acceptors (Lipinski definition) is 2. The standard InChI is InChI=1S/C24H18O2/c1-13(25)15-9-5-11-19-21(15)23-17-7-3-4-8-18(17)24(19)22-16(14(2)26)10-6-12-20(22)23/h3-12,23-24H,1-2H3/t23-,24+.